The fraction of sp³-hybridized carbons (Fsp3) is 0.368. The Labute approximate surface area is 162 Å². The number of fused-ring (bicyclic) bond motifs is 1. The van der Waals surface area contributed by atoms with Gasteiger partial charge in [-0.1, -0.05) is 6.07 Å². The van der Waals surface area contributed by atoms with Crippen LogP contribution in [0.25, 0.3) is 16.8 Å². The highest BCUT2D eigenvalue weighted by Gasteiger charge is 2.22. The molecular formula is C19H23N7O2. The molecule has 1 unspecified atom stereocenters. The summed E-state index contributed by atoms with van der Waals surface area (Å²) in [7, 11) is 0. The first kappa shape index (κ1) is 18.3. The first-order valence-corrected chi connectivity index (χ1v) is 9.37. The predicted molar refractivity (Wildman–Crippen MR) is 105 cm³/mol. The van der Waals surface area contributed by atoms with Crippen LogP contribution in [0.1, 0.15) is 19.0 Å². The largest absolute Gasteiger partial charge is 0.392 e. The SMILES string of the molecule is CCNC(=O)Nc1nc2cc(-c3cccnc3)cc(CN3CCC(O)C3)n2n1. The van der Waals surface area contributed by atoms with Gasteiger partial charge in [0.15, 0.2) is 5.65 Å². The Kier molecular flexibility index (Phi) is 5.18. The molecule has 2 amide bonds. The highest BCUT2D eigenvalue weighted by Crippen LogP contribution is 2.24. The number of aliphatic hydroxyl groups is 1. The van der Waals surface area contributed by atoms with Gasteiger partial charge in [-0.3, -0.25) is 15.2 Å². The quantitative estimate of drug-likeness (QED) is 0.618. The van der Waals surface area contributed by atoms with Crippen LogP contribution in [-0.4, -0.2) is 61.4 Å². The van der Waals surface area contributed by atoms with Crippen molar-refractivity contribution in [3.8, 4) is 11.1 Å². The molecule has 9 heteroatoms. The number of hydrogen-bond acceptors (Lipinski definition) is 6. The molecule has 0 aliphatic carbocycles. The van der Waals surface area contributed by atoms with Crippen LogP contribution in [0.5, 0.6) is 0 Å². The van der Waals surface area contributed by atoms with Crippen molar-refractivity contribution < 1.29 is 9.90 Å². The molecule has 0 aromatic carbocycles. The van der Waals surface area contributed by atoms with Crippen LogP contribution in [0.3, 0.4) is 0 Å². The number of aromatic nitrogens is 4. The van der Waals surface area contributed by atoms with Gasteiger partial charge in [0, 0.05) is 44.1 Å². The molecule has 1 atom stereocenters. The molecule has 1 aliphatic rings. The van der Waals surface area contributed by atoms with Gasteiger partial charge in [0.05, 0.1) is 11.8 Å². The minimum Gasteiger partial charge on any atom is -0.392 e. The number of carbonyl (C=O) groups is 1. The molecule has 3 aromatic rings. The smallest absolute Gasteiger partial charge is 0.321 e. The number of urea groups is 1. The third kappa shape index (κ3) is 3.95. The van der Waals surface area contributed by atoms with E-state index in [4.69, 9.17) is 0 Å². The van der Waals surface area contributed by atoms with Gasteiger partial charge in [-0.15, -0.1) is 5.10 Å². The molecule has 1 aliphatic heterocycles. The Hall–Kier alpha value is -3.04. The first-order valence-electron chi connectivity index (χ1n) is 9.37. The maximum Gasteiger partial charge on any atom is 0.321 e. The van der Waals surface area contributed by atoms with E-state index in [0.717, 1.165) is 29.8 Å². The maximum absolute atomic E-state index is 11.8. The Morgan fingerprint density at radius 1 is 1.36 bits per heavy atom. The van der Waals surface area contributed by atoms with E-state index in [2.05, 4.69) is 36.7 Å². The Bertz CT molecular complexity index is 973. The molecule has 1 fully saturated rings. The molecule has 0 saturated carbocycles. The Morgan fingerprint density at radius 2 is 2.25 bits per heavy atom. The van der Waals surface area contributed by atoms with Gasteiger partial charge in [-0.05, 0) is 37.1 Å². The number of aliphatic hydroxyl groups excluding tert-OH is 1. The Balaban J connectivity index is 1.72. The lowest BCUT2D eigenvalue weighted by molar-refractivity contribution is 0.174. The van der Waals surface area contributed by atoms with Crippen LogP contribution in [0.4, 0.5) is 10.7 Å². The fourth-order valence-corrected chi connectivity index (χ4v) is 3.41. The second kappa shape index (κ2) is 7.91. The summed E-state index contributed by atoms with van der Waals surface area (Å²) in [5.74, 6) is 0.247. The number of anilines is 1. The van der Waals surface area contributed by atoms with Gasteiger partial charge in [0.1, 0.15) is 0 Å². The van der Waals surface area contributed by atoms with Crippen molar-refractivity contribution in [1.82, 2.24) is 29.8 Å². The van der Waals surface area contributed by atoms with Crippen LogP contribution in [0.2, 0.25) is 0 Å². The molecule has 28 heavy (non-hydrogen) atoms. The minimum atomic E-state index is -0.338. The van der Waals surface area contributed by atoms with Crippen molar-refractivity contribution in [2.75, 3.05) is 25.0 Å². The van der Waals surface area contributed by atoms with Gasteiger partial charge in [-0.25, -0.2) is 9.31 Å². The van der Waals surface area contributed by atoms with E-state index >= 15 is 0 Å². The molecule has 4 rings (SSSR count). The molecule has 3 N–H and O–H groups in total. The standard InChI is InChI=1S/C19H23N7O2/c1-2-21-19(28)23-18-22-17-9-14(13-4-3-6-20-10-13)8-15(26(17)24-18)11-25-7-5-16(27)12-25/h3-4,6,8-10,16,27H,2,5,7,11-12H2,1H3,(H2,21,23,24,28). The lowest BCUT2D eigenvalue weighted by atomic mass is 10.1. The summed E-state index contributed by atoms with van der Waals surface area (Å²) >= 11 is 0. The molecule has 3 aromatic heterocycles. The van der Waals surface area contributed by atoms with Crippen LogP contribution < -0.4 is 10.6 Å². The molecule has 0 spiro atoms. The van der Waals surface area contributed by atoms with Crippen molar-refractivity contribution in [3.63, 3.8) is 0 Å². The number of hydrogen-bond donors (Lipinski definition) is 3. The van der Waals surface area contributed by atoms with E-state index < -0.39 is 0 Å². The summed E-state index contributed by atoms with van der Waals surface area (Å²) in [6.07, 6.45) is 4.02. The molecule has 146 valence electrons. The van der Waals surface area contributed by atoms with E-state index in [0.29, 0.717) is 25.3 Å². The first-order chi connectivity index (χ1) is 13.6. The zero-order chi connectivity index (χ0) is 19.5. The maximum atomic E-state index is 11.8. The zero-order valence-electron chi connectivity index (χ0n) is 15.7. The lowest BCUT2D eigenvalue weighted by Gasteiger charge is -2.16. The summed E-state index contributed by atoms with van der Waals surface area (Å²) < 4.78 is 1.74. The third-order valence-electron chi connectivity index (χ3n) is 4.70. The number of carbonyl (C=O) groups excluding carboxylic acids is 1. The number of β-amino-alcohol motifs (C(OH)–C–C–N with tert-alkyl or cyclic N) is 1. The number of amides is 2. The summed E-state index contributed by atoms with van der Waals surface area (Å²) in [5, 5.41) is 19.6. The van der Waals surface area contributed by atoms with E-state index in [1.165, 1.54) is 0 Å². The number of pyridine rings is 2. The van der Waals surface area contributed by atoms with E-state index in [-0.39, 0.29) is 18.1 Å². The molecule has 0 bridgehead atoms. The topological polar surface area (TPSA) is 108 Å². The highest BCUT2D eigenvalue weighted by molar-refractivity contribution is 5.87. The summed E-state index contributed by atoms with van der Waals surface area (Å²) in [4.78, 5) is 22.7. The second-order valence-electron chi connectivity index (χ2n) is 6.84. The van der Waals surface area contributed by atoms with Crippen molar-refractivity contribution in [1.29, 1.82) is 0 Å². The van der Waals surface area contributed by atoms with Gasteiger partial charge in [0.2, 0.25) is 0 Å². The fourth-order valence-electron chi connectivity index (χ4n) is 3.41. The Morgan fingerprint density at radius 3 is 2.96 bits per heavy atom. The van der Waals surface area contributed by atoms with Crippen molar-refractivity contribution in [2.45, 2.75) is 26.0 Å². The van der Waals surface area contributed by atoms with Gasteiger partial charge in [0.25, 0.3) is 5.95 Å². The van der Waals surface area contributed by atoms with Crippen LogP contribution in [0, 0.1) is 0 Å². The van der Waals surface area contributed by atoms with Crippen LogP contribution in [0.15, 0.2) is 36.7 Å². The summed E-state index contributed by atoms with van der Waals surface area (Å²) in [5.41, 5.74) is 3.53. The lowest BCUT2D eigenvalue weighted by Crippen LogP contribution is -2.28. The van der Waals surface area contributed by atoms with Gasteiger partial charge in [-0.2, -0.15) is 4.98 Å². The predicted octanol–water partition coefficient (Wildman–Crippen LogP) is 1.50. The average molecular weight is 381 g/mol. The minimum absolute atomic E-state index is 0.247. The van der Waals surface area contributed by atoms with E-state index in [1.54, 1.807) is 16.9 Å². The zero-order valence-corrected chi connectivity index (χ0v) is 15.7. The number of rotatable bonds is 5. The van der Waals surface area contributed by atoms with Crippen molar-refractivity contribution >= 4 is 17.6 Å². The third-order valence-corrected chi connectivity index (χ3v) is 4.70. The average Bonchev–Trinajstić information content (AvgIpc) is 3.28. The highest BCUT2D eigenvalue weighted by atomic mass is 16.3. The van der Waals surface area contributed by atoms with Gasteiger partial charge >= 0.3 is 6.03 Å². The number of nitrogens with zero attached hydrogens (tertiary/aromatic N) is 5. The van der Waals surface area contributed by atoms with Crippen molar-refractivity contribution in [3.05, 3.63) is 42.4 Å². The normalized spacial score (nSPS) is 17.1. The number of nitrogens with one attached hydrogen (secondary N) is 2. The monoisotopic (exact) mass is 381 g/mol. The van der Waals surface area contributed by atoms with Gasteiger partial charge < -0.3 is 10.4 Å². The summed E-state index contributed by atoms with van der Waals surface area (Å²) in [6.45, 7) is 4.47. The van der Waals surface area contributed by atoms with E-state index in [9.17, 15) is 9.90 Å². The molecular weight excluding hydrogens is 358 g/mol. The van der Waals surface area contributed by atoms with Crippen LogP contribution in [-0.2, 0) is 6.54 Å². The number of likely N-dealkylation sites (tertiary alicyclic amines) is 1. The van der Waals surface area contributed by atoms with Crippen LogP contribution >= 0.6 is 0 Å². The van der Waals surface area contributed by atoms with E-state index in [1.807, 2.05) is 25.1 Å². The molecule has 1 saturated heterocycles. The molecule has 9 nitrogen and oxygen atoms in total. The summed E-state index contributed by atoms with van der Waals surface area (Å²) in [6, 6.07) is 7.53. The van der Waals surface area contributed by atoms with Crippen molar-refractivity contribution in [2.24, 2.45) is 0 Å². The molecule has 0 radical (unpaired) electrons. The molecule has 4 heterocycles. The second-order valence-corrected chi connectivity index (χ2v) is 6.84.